The van der Waals surface area contributed by atoms with Gasteiger partial charge in [-0.25, -0.2) is 21.6 Å². The first-order chi connectivity index (χ1) is 20.6. The number of hydrogen-bond acceptors (Lipinski definition) is 7. The molecule has 13 heteroatoms. The Hall–Kier alpha value is -3.97. The van der Waals surface area contributed by atoms with Gasteiger partial charge in [-0.1, -0.05) is 0 Å². The number of aryl methyl sites for hydroxylation is 2. The number of aromatic nitrogens is 5. The molecule has 0 amide bonds. The van der Waals surface area contributed by atoms with Crippen molar-refractivity contribution in [1.29, 1.82) is 0 Å². The van der Waals surface area contributed by atoms with Crippen LogP contribution in [0.15, 0.2) is 53.8 Å². The van der Waals surface area contributed by atoms with Gasteiger partial charge in [0, 0.05) is 44.5 Å². The lowest BCUT2D eigenvalue weighted by atomic mass is 9.88. The highest BCUT2D eigenvalue weighted by atomic mass is 32.2. The van der Waals surface area contributed by atoms with E-state index >= 15 is 4.39 Å². The van der Waals surface area contributed by atoms with Gasteiger partial charge in [0.25, 0.3) is 6.43 Å². The number of ether oxygens (including phenoxy) is 2. The van der Waals surface area contributed by atoms with Crippen molar-refractivity contribution in [3.63, 3.8) is 0 Å². The normalized spacial score (nSPS) is 15.5. The third kappa shape index (κ3) is 5.24. The first-order valence-electron chi connectivity index (χ1n) is 13.8. The predicted octanol–water partition coefficient (Wildman–Crippen LogP) is 5.50. The molecule has 5 aromatic rings. The molecule has 1 aromatic carbocycles. The molecule has 1 atom stereocenters. The number of hydrogen-bond donors (Lipinski definition) is 0. The Kier molecular flexibility index (Phi) is 7.63. The predicted molar refractivity (Wildman–Crippen MR) is 155 cm³/mol. The molecule has 1 saturated heterocycles. The first-order valence-corrected chi connectivity index (χ1v) is 15.7. The Morgan fingerprint density at radius 1 is 1.14 bits per heavy atom. The van der Waals surface area contributed by atoms with E-state index in [0.717, 1.165) is 17.5 Å². The summed E-state index contributed by atoms with van der Waals surface area (Å²) in [6.07, 6.45) is 4.29. The number of alkyl halides is 2. The van der Waals surface area contributed by atoms with E-state index < -0.39 is 34.7 Å². The number of benzene rings is 1. The third-order valence-corrected chi connectivity index (χ3v) is 9.05. The molecule has 43 heavy (non-hydrogen) atoms. The van der Waals surface area contributed by atoms with Crippen molar-refractivity contribution in [3.05, 3.63) is 66.0 Å². The van der Waals surface area contributed by atoms with Crippen LogP contribution in [-0.2, 0) is 21.6 Å². The SMILES string of the molecule is Cc1cnn(C)c1-c1cnc2c3c(OCC(F)F)ccc(S(C)(=O)=O)c3n(C(c3ncccc3F)C3CCOCC3)c2c1. The van der Waals surface area contributed by atoms with E-state index in [-0.39, 0.29) is 33.2 Å². The van der Waals surface area contributed by atoms with Crippen LogP contribution >= 0.6 is 0 Å². The fourth-order valence-corrected chi connectivity index (χ4v) is 6.99. The molecule has 1 aliphatic rings. The van der Waals surface area contributed by atoms with Gasteiger partial charge in [0.2, 0.25) is 0 Å². The summed E-state index contributed by atoms with van der Waals surface area (Å²) >= 11 is 0. The largest absolute Gasteiger partial charge is 0.487 e. The van der Waals surface area contributed by atoms with Crippen LogP contribution < -0.4 is 4.74 Å². The van der Waals surface area contributed by atoms with Crippen LogP contribution in [0.1, 0.15) is 30.1 Å². The molecule has 226 valence electrons. The Bertz CT molecular complexity index is 1910. The van der Waals surface area contributed by atoms with Gasteiger partial charge in [-0.15, -0.1) is 0 Å². The van der Waals surface area contributed by atoms with Crippen molar-refractivity contribution in [1.82, 2.24) is 24.3 Å². The summed E-state index contributed by atoms with van der Waals surface area (Å²) in [6.45, 7) is 1.89. The van der Waals surface area contributed by atoms with Gasteiger partial charge in [0.15, 0.2) is 9.84 Å². The highest BCUT2D eigenvalue weighted by Crippen LogP contribution is 2.45. The van der Waals surface area contributed by atoms with Gasteiger partial charge in [0.05, 0.1) is 50.5 Å². The molecular weight excluding hydrogens is 583 g/mol. The van der Waals surface area contributed by atoms with Crippen LogP contribution in [0.3, 0.4) is 0 Å². The number of rotatable bonds is 8. The number of nitrogens with zero attached hydrogens (tertiary/aromatic N) is 5. The second kappa shape index (κ2) is 11.3. The molecule has 9 nitrogen and oxygen atoms in total. The van der Waals surface area contributed by atoms with Crippen LogP contribution in [0.4, 0.5) is 13.2 Å². The molecule has 0 bridgehead atoms. The number of halogens is 3. The lowest BCUT2D eigenvalue weighted by Crippen LogP contribution is -2.28. The maximum Gasteiger partial charge on any atom is 0.272 e. The molecule has 4 aromatic heterocycles. The minimum absolute atomic E-state index is 0.0515. The maximum atomic E-state index is 15.7. The quantitative estimate of drug-likeness (QED) is 0.228. The standard InChI is InChI=1S/C30H30F3N5O4S/c1-17-14-36-37(2)28(17)19-13-21-27(35-15-19)25-22(42-16-24(32)33)6-7-23(43(3,39)40)30(25)38(21)29(18-8-11-41-12-9-18)26-20(31)5-4-10-34-26/h4-7,10,13-15,18,24,29H,8-9,11-12,16H2,1-3H3. The van der Waals surface area contributed by atoms with Crippen molar-refractivity contribution in [2.45, 2.75) is 37.1 Å². The highest BCUT2D eigenvalue weighted by molar-refractivity contribution is 7.91. The van der Waals surface area contributed by atoms with Gasteiger partial charge in [-0.3, -0.25) is 14.6 Å². The Labute approximate surface area is 246 Å². The van der Waals surface area contributed by atoms with Crippen LogP contribution in [0.25, 0.3) is 33.2 Å². The van der Waals surface area contributed by atoms with E-state index in [1.54, 1.807) is 28.7 Å². The molecular formula is C30H30F3N5O4S. The summed E-state index contributed by atoms with van der Waals surface area (Å²) in [7, 11) is -2.08. The monoisotopic (exact) mass is 613 g/mol. The van der Waals surface area contributed by atoms with Gasteiger partial charge >= 0.3 is 0 Å². The number of fused-ring (bicyclic) bond motifs is 3. The molecule has 0 aliphatic carbocycles. The lowest BCUT2D eigenvalue weighted by molar-refractivity contribution is 0.0542. The Morgan fingerprint density at radius 3 is 2.56 bits per heavy atom. The molecule has 0 N–H and O–H groups in total. The zero-order chi connectivity index (χ0) is 30.5. The summed E-state index contributed by atoms with van der Waals surface area (Å²) in [4.78, 5) is 9.15. The highest BCUT2D eigenvalue weighted by Gasteiger charge is 2.35. The fraction of sp³-hybridized carbons (Fsp3) is 0.367. The third-order valence-electron chi connectivity index (χ3n) is 7.92. The van der Waals surface area contributed by atoms with Gasteiger partial charge in [0.1, 0.15) is 18.2 Å². The molecule has 1 fully saturated rings. The summed E-state index contributed by atoms with van der Waals surface area (Å²) < 4.78 is 83.5. The average Bonchev–Trinajstić information content (AvgIpc) is 3.49. The van der Waals surface area contributed by atoms with Crippen molar-refractivity contribution in [3.8, 4) is 17.0 Å². The maximum absolute atomic E-state index is 15.7. The zero-order valence-electron chi connectivity index (χ0n) is 23.8. The van der Waals surface area contributed by atoms with Gasteiger partial charge in [-0.05, 0) is 61.6 Å². The molecule has 0 radical (unpaired) electrons. The Balaban J connectivity index is 1.79. The van der Waals surface area contributed by atoms with Gasteiger partial charge in [-0.2, -0.15) is 5.10 Å². The van der Waals surface area contributed by atoms with Gasteiger partial charge < -0.3 is 14.0 Å². The lowest BCUT2D eigenvalue weighted by Gasteiger charge is -2.32. The second-order valence-electron chi connectivity index (χ2n) is 10.8. The zero-order valence-corrected chi connectivity index (χ0v) is 24.6. The second-order valence-corrected chi connectivity index (χ2v) is 12.8. The van der Waals surface area contributed by atoms with E-state index in [4.69, 9.17) is 14.5 Å². The topological polar surface area (TPSA) is 101 Å². The Morgan fingerprint density at radius 2 is 1.91 bits per heavy atom. The van der Waals surface area contributed by atoms with Crippen LogP contribution in [0, 0.1) is 18.7 Å². The minimum Gasteiger partial charge on any atom is -0.487 e. The first kappa shape index (κ1) is 29.1. The summed E-state index contributed by atoms with van der Waals surface area (Å²) in [5, 5.41) is 4.60. The molecule has 6 rings (SSSR count). The fourth-order valence-electron chi connectivity index (χ4n) is 6.13. The van der Waals surface area contributed by atoms with E-state index in [1.807, 2.05) is 13.0 Å². The molecule has 0 saturated carbocycles. The van der Waals surface area contributed by atoms with E-state index in [2.05, 4.69) is 10.1 Å². The van der Waals surface area contributed by atoms with Crippen LogP contribution in [0.2, 0.25) is 0 Å². The van der Waals surface area contributed by atoms with Crippen molar-refractivity contribution in [2.75, 3.05) is 26.1 Å². The number of pyridine rings is 2. The van der Waals surface area contributed by atoms with Crippen molar-refractivity contribution < 1.29 is 31.1 Å². The van der Waals surface area contributed by atoms with E-state index in [1.165, 1.54) is 30.5 Å². The van der Waals surface area contributed by atoms with Crippen LogP contribution in [0.5, 0.6) is 5.75 Å². The van der Waals surface area contributed by atoms with E-state index in [9.17, 15) is 17.2 Å². The molecule has 1 aliphatic heterocycles. The smallest absolute Gasteiger partial charge is 0.272 e. The minimum atomic E-state index is -3.88. The average molecular weight is 614 g/mol. The molecule has 5 heterocycles. The summed E-state index contributed by atoms with van der Waals surface area (Å²) in [6, 6.07) is 6.60. The summed E-state index contributed by atoms with van der Waals surface area (Å²) in [5.41, 5.74) is 3.51. The van der Waals surface area contributed by atoms with E-state index in [0.29, 0.717) is 42.7 Å². The molecule has 0 spiro atoms. The van der Waals surface area contributed by atoms with Crippen LogP contribution in [-0.4, -0.2) is 65.2 Å². The molecule has 1 unspecified atom stereocenters. The van der Waals surface area contributed by atoms with Crippen molar-refractivity contribution in [2.24, 2.45) is 13.0 Å². The summed E-state index contributed by atoms with van der Waals surface area (Å²) in [5.74, 6) is -0.695. The van der Waals surface area contributed by atoms with Crippen molar-refractivity contribution >= 4 is 31.8 Å². The number of sulfone groups is 1.